The number of carbonyl (C=O) groups excluding carboxylic acids is 3. The van der Waals surface area contributed by atoms with Crippen LogP contribution in [0.5, 0.6) is 0 Å². The third-order valence-electron chi connectivity index (χ3n) is 5.65. The largest absolute Gasteiger partial charge is 0.467 e. The van der Waals surface area contributed by atoms with Gasteiger partial charge in [0.1, 0.15) is 11.8 Å². The van der Waals surface area contributed by atoms with E-state index in [1.54, 1.807) is 37.3 Å². The molecule has 0 aliphatic carbocycles. The van der Waals surface area contributed by atoms with E-state index in [2.05, 4.69) is 10.6 Å². The number of benzene rings is 1. The zero-order valence-electron chi connectivity index (χ0n) is 17.2. The maximum Gasteiger partial charge on any atom is 0.322 e. The SMILES string of the molecule is CCN1C(=O)NC(c2ccccc2Cl)C2=C1CN(C(C)C(=O)NCc1ccco1)C2=O. The minimum atomic E-state index is -0.728. The second-order valence-corrected chi connectivity index (χ2v) is 7.82. The first-order chi connectivity index (χ1) is 14.9. The molecule has 0 radical (unpaired) electrons. The van der Waals surface area contributed by atoms with Crippen molar-refractivity contribution in [2.24, 2.45) is 0 Å². The molecule has 0 saturated carbocycles. The van der Waals surface area contributed by atoms with Gasteiger partial charge in [-0.3, -0.25) is 14.5 Å². The molecule has 2 aliphatic heterocycles. The lowest BCUT2D eigenvalue weighted by atomic mass is 9.95. The van der Waals surface area contributed by atoms with Gasteiger partial charge >= 0.3 is 6.03 Å². The molecule has 2 unspecified atom stereocenters. The number of hydrogen-bond donors (Lipinski definition) is 2. The van der Waals surface area contributed by atoms with Crippen molar-refractivity contribution in [2.45, 2.75) is 32.5 Å². The van der Waals surface area contributed by atoms with Gasteiger partial charge in [0, 0.05) is 11.6 Å². The summed E-state index contributed by atoms with van der Waals surface area (Å²) in [5.41, 5.74) is 1.69. The third kappa shape index (κ3) is 3.79. The summed E-state index contributed by atoms with van der Waals surface area (Å²) in [6.45, 7) is 4.32. The Morgan fingerprint density at radius 1 is 1.29 bits per heavy atom. The Hall–Kier alpha value is -3.26. The minimum Gasteiger partial charge on any atom is -0.467 e. The van der Waals surface area contributed by atoms with Crippen LogP contribution in [0.1, 0.15) is 31.2 Å². The average molecular weight is 443 g/mol. The second-order valence-electron chi connectivity index (χ2n) is 7.41. The van der Waals surface area contributed by atoms with Crippen LogP contribution in [-0.2, 0) is 16.1 Å². The number of carbonyl (C=O) groups is 3. The first kappa shape index (κ1) is 21.0. The molecule has 1 aromatic carbocycles. The van der Waals surface area contributed by atoms with E-state index in [9.17, 15) is 14.4 Å². The fourth-order valence-electron chi connectivity index (χ4n) is 3.98. The lowest BCUT2D eigenvalue weighted by molar-refractivity contribution is -0.135. The van der Waals surface area contributed by atoms with Crippen LogP contribution in [0.25, 0.3) is 0 Å². The van der Waals surface area contributed by atoms with E-state index in [1.807, 2.05) is 13.0 Å². The van der Waals surface area contributed by atoms with Crippen molar-refractivity contribution in [3.8, 4) is 0 Å². The van der Waals surface area contributed by atoms with Gasteiger partial charge in [-0.25, -0.2) is 4.79 Å². The summed E-state index contributed by atoms with van der Waals surface area (Å²) in [4.78, 5) is 41.9. The molecule has 9 heteroatoms. The lowest BCUT2D eigenvalue weighted by Gasteiger charge is -2.33. The quantitative estimate of drug-likeness (QED) is 0.719. The monoisotopic (exact) mass is 442 g/mol. The number of halogens is 1. The number of furan rings is 1. The maximum atomic E-state index is 13.4. The minimum absolute atomic E-state index is 0.172. The van der Waals surface area contributed by atoms with Crippen molar-refractivity contribution >= 4 is 29.4 Å². The van der Waals surface area contributed by atoms with Crippen molar-refractivity contribution in [2.75, 3.05) is 13.1 Å². The third-order valence-corrected chi connectivity index (χ3v) is 5.99. The predicted molar refractivity (Wildman–Crippen MR) is 114 cm³/mol. The number of rotatable bonds is 6. The zero-order chi connectivity index (χ0) is 22.1. The van der Waals surface area contributed by atoms with E-state index in [-0.39, 0.29) is 30.9 Å². The second kappa shape index (κ2) is 8.47. The van der Waals surface area contributed by atoms with Crippen molar-refractivity contribution < 1.29 is 18.8 Å². The van der Waals surface area contributed by atoms with Crippen LogP contribution in [0, 0.1) is 0 Å². The first-order valence-electron chi connectivity index (χ1n) is 10.1. The van der Waals surface area contributed by atoms with E-state index in [4.69, 9.17) is 16.0 Å². The van der Waals surface area contributed by atoms with E-state index in [0.29, 0.717) is 34.2 Å². The maximum absolute atomic E-state index is 13.4. The Bertz CT molecular complexity index is 1050. The lowest BCUT2D eigenvalue weighted by Crippen LogP contribution is -2.47. The highest BCUT2D eigenvalue weighted by Gasteiger charge is 2.46. The highest BCUT2D eigenvalue weighted by molar-refractivity contribution is 6.31. The standard InChI is InChI=1S/C22H23ClN4O4/c1-3-26-17-12-27(13(2)20(28)24-11-14-7-6-10-31-14)21(29)18(17)19(25-22(26)30)15-8-4-5-9-16(15)23/h4-10,13,19H,3,11-12H2,1-2H3,(H,24,28)(H,25,30). The molecule has 0 spiro atoms. The van der Waals surface area contributed by atoms with Gasteiger partial charge in [-0.1, -0.05) is 29.8 Å². The van der Waals surface area contributed by atoms with Crippen LogP contribution in [0.3, 0.4) is 0 Å². The molecule has 0 saturated heterocycles. The molecular weight excluding hydrogens is 420 g/mol. The van der Waals surface area contributed by atoms with E-state index in [1.165, 1.54) is 16.1 Å². The summed E-state index contributed by atoms with van der Waals surface area (Å²) in [6.07, 6.45) is 1.53. The summed E-state index contributed by atoms with van der Waals surface area (Å²) in [5.74, 6) is 0.0247. The van der Waals surface area contributed by atoms with Gasteiger partial charge in [-0.2, -0.15) is 0 Å². The summed E-state index contributed by atoms with van der Waals surface area (Å²) in [6, 6.07) is 8.91. The molecule has 3 heterocycles. The predicted octanol–water partition coefficient (Wildman–Crippen LogP) is 2.82. The Morgan fingerprint density at radius 3 is 2.74 bits per heavy atom. The molecule has 2 aromatic rings. The first-order valence-corrected chi connectivity index (χ1v) is 10.5. The highest BCUT2D eigenvalue weighted by Crippen LogP contribution is 2.38. The molecule has 0 bridgehead atoms. The zero-order valence-corrected chi connectivity index (χ0v) is 18.0. The van der Waals surface area contributed by atoms with Gasteiger partial charge in [0.05, 0.1) is 36.7 Å². The van der Waals surface area contributed by atoms with E-state index < -0.39 is 12.1 Å². The number of nitrogens with one attached hydrogen (secondary N) is 2. The van der Waals surface area contributed by atoms with Gasteiger partial charge in [-0.15, -0.1) is 0 Å². The number of hydrogen-bond acceptors (Lipinski definition) is 4. The van der Waals surface area contributed by atoms with Gasteiger partial charge in [0.15, 0.2) is 0 Å². The van der Waals surface area contributed by atoms with Crippen molar-refractivity contribution in [3.63, 3.8) is 0 Å². The fraction of sp³-hybridized carbons (Fsp3) is 0.318. The van der Waals surface area contributed by atoms with Crippen LogP contribution in [-0.4, -0.2) is 46.8 Å². The van der Waals surface area contributed by atoms with Crippen molar-refractivity contribution in [1.29, 1.82) is 0 Å². The van der Waals surface area contributed by atoms with E-state index >= 15 is 0 Å². The Labute approximate surface area is 184 Å². The molecule has 8 nitrogen and oxygen atoms in total. The Balaban J connectivity index is 1.60. The molecule has 1 aromatic heterocycles. The normalized spacial score (nSPS) is 19.4. The van der Waals surface area contributed by atoms with Crippen LogP contribution in [0.2, 0.25) is 5.02 Å². The van der Waals surface area contributed by atoms with Crippen LogP contribution in [0.15, 0.2) is 58.3 Å². The molecule has 2 N–H and O–H groups in total. The van der Waals surface area contributed by atoms with Gasteiger partial charge in [-0.05, 0) is 37.6 Å². The Morgan fingerprint density at radius 2 is 2.06 bits per heavy atom. The van der Waals surface area contributed by atoms with Crippen LogP contribution < -0.4 is 10.6 Å². The van der Waals surface area contributed by atoms with Crippen molar-refractivity contribution in [3.05, 3.63) is 70.3 Å². The smallest absolute Gasteiger partial charge is 0.322 e. The topological polar surface area (TPSA) is 94.9 Å². The molecule has 4 amide bonds. The highest BCUT2D eigenvalue weighted by atomic mass is 35.5. The molecule has 162 valence electrons. The number of urea groups is 1. The summed E-state index contributed by atoms with van der Waals surface area (Å²) >= 11 is 6.37. The Kier molecular flexibility index (Phi) is 5.73. The molecule has 2 aliphatic rings. The molecular formula is C22H23ClN4O4. The van der Waals surface area contributed by atoms with Gasteiger partial charge in [0.2, 0.25) is 5.91 Å². The fourth-order valence-corrected chi connectivity index (χ4v) is 4.22. The number of nitrogens with zero attached hydrogens (tertiary/aromatic N) is 2. The number of likely N-dealkylation sites (N-methyl/N-ethyl adjacent to an activating group) is 1. The van der Waals surface area contributed by atoms with Gasteiger partial charge in [0.25, 0.3) is 5.91 Å². The molecule has 2 atom stereocenters. The molecule has 0 fully saturated rings. The van der Waals surface area contributed by atoms with Gasteiger partial charge < -0.3 is 20.0 Å². The number of amides is 4. The summed E-state index contributed by atoms with van der Waals surface area (Å²) in [7, 11) is 0. The summed E-state index contributed by atoms with van der Waals surface area (Å²) in [5, 5.41) is 6.14. The van der Waals surface area contributed by atoms with E-state index in [0.717, 1.165) is 0 Å². The van der Waals surface area contributed by atoms with Crippen molar-refractivity contribution in [1.82, 2.24) is 20.4 Å². The molecule has 4 rings (SSSR count). The van der Waals surface area contributed by atoms with Crippen LogP contribution in [0.4, 0.5) is 4.79 Å². The molecule has 31 heavy (non-hydrogen) atoms. The van der Waals surface area contributed by atoms with Crippen LogP contribution >= 0.6 is 11.6 Å². The summed E-state index contributed by atoms with van der Waals surface area (Å²) < 4.78 is 5.23. The average Bonchev–Trinajstić information content (AvgIpc) is 3.39.